The number of benzene rings is 1. The maximum absolute atomic E-state index is 11.0. The fourth-order valence-corrected chi connectivity index (χ4v) is 1.87. The Labute approximate surface area is 119 Å². The Balaban J connectivity index is 0.00000289. The van der Waals surface area contributed by atoms with Crippen molar-refractivity contribution in [3.63, 3.8) is 0 Å². The van der Waals surface area contributed by atoms with Crippen molar-refractivity contribution in [3.8, 4) is 11.8 Å². The van der Waals surface area contributed by atoms with Crippen LogP contribution in [-0.4, -0.2) is 23.4 Å². The molecule has 0 aliphatic carbocycles. The third-order valence-corrected chi connectivity index (χ3v) is 2.47. The van der Waals surface area contributed by atoms with Gasteiger partial charge in [0.25, 0.3) is 0 Å². The second-order valence-corrected chi connectivity index (χ2v) is 5.31. The SMILES string of the molecule is CS(=O)(=O)Nc1ccc(C#N)cc1OS(=O)[O-].[Li+]. The number of hydrogen-bond acceptors (Lipinski definition) is 6. The molecule has 92 valence electrons. The molecule has 0 aliphatic heterocycles. The predicted octanol–water partition coefficient (Wildman–Crippen LogP) is -2.89. The molecule has 1 aromatic rings. The summed E-state index contributed by atoms with van der Waals surface area (Å²) in [6.07, 6.45) is 0.906. The fourth-order valence-electron chi connectivity index (χ4n) is 1.02. The molecule has 0 saturated carbocycles. The first-order chi connectivity index (χ1) is 7.81. The smallest absolute Gasteiger partial charge is 0.740 e. The van der Waals surface area contributed by atoms with Gasteiger partial charge in [0.1, 0.15) is 11.4 Å². The Bertz CT molecular complexity index is 596. The maximum Gasteiger partial charge on any atom is 1.00 e. The molecule has 0 aliphatic rings. The van der Waals surface area contributed by atoms with Crippen molar-refractivity contribution >= 4 is 27.1 Å². The fraction of sp³-hybridized carbons (Fsp3) is 0.125. The minimum Gasteiger partial charge on any atom is -0.740 e. The zero-order valence-electron chi connectivity index (χ0n) is 9.54. The van der Waals surface area contributed by atoms with Gasteiger partial charge in [0.2, 0.25) is 10.0 Å². The summed E-state index contributed by atoms with van der Waals surface area (Å²) in [6, 6.07) is 5.45. The van der Waals surface area contributed by atoms with Gasteiger partial charge >= 0.3 is 18.9 Å². The van der Waals surface area contributed by atoms with Crippen LogP contribution in [-0.2, 0) is 21.4 Å². The van der Waals surface area contributed by atoms with Gasteiger partial charge < -0.3 is 8.74 Å². The van der Waals surface area contributed by atoms with Gasteiger partial charge in [-0.3, -0.25) is 4.72 Å². The standard InChI is InChI=1S/C8H8N2O5S2.Li/c1-17(13,14)10-7-3-2-6(5-9)4-8(7)15-16(11)12;/h2-4,10H,1H3,(H,11,12);/q;+1/p-1. The Morgan fingerprint density at radius 3 is 2.56 bits per heavy atom. The summed E-state index contributed by atoms with van der Waals surface area (Å²) in [5, 5.41) is 8.62. The summed E-state index contributed by atoms with van der Waals surface area (Å²) in [5.41, 5.74) is 0.0835. The van der Waals surface area contributed by atoms with Crippen molar-refractivity contribution < 1.29 is 40.2 Å². The molecule has 7 nitrogen and oxygen atoms in total. The molecule has 18 heavy (non-hydrogen) atoms. The van der Waals surface area contributed by atoms with Crippen LogP contribution < -0.4 is 27.8 Å². The first-order valence-corrected chi connectivity index (χ1v) is 7.00. The summed E-state index contributed by atoms with van der Waals surface area (Å²) in [5.74, 6) is -0.261. The van der Waals surface area contributed by atoms with Crippen LogP contribution in [0, 0.1) is 11.3 Å². The van der Waals surface area contributed by atoms with E-state index in [1.807, 2.05) is 0 Å². The second kappa shape index (κ2) is 6.78. The van der Waals surface area contributed by atoms with Crippen molar-refractivity contribution in [2.45, 2.75) is 0 Å². The molecule has 0 bridgehead atoms. The minimum absolute atomic E-state index is 0. The van der Waals surface area contributed by atoms with E-state index < -0.39 is 21.4 Å². The van der Waals surface area contributed by atoms with Crippen molar-refractivity contribution in [2.24, 2.45) is 0 Å². The third-order valence-electron chi connectivity index (χ3n) is 1.56. The molecule has 0 amide bonds. The summed E-state index contributed by atoms with van der Waals surface area (Å²) in [7, 11) is -3.57. The molecule has 0 aromatic heterocycles. The third kappa shape index (κ3) is 5.54. The van der Waals surface area contributed by atoms with Gasteiger partial charge in [-0.25, -0.2) is 12.6 Å². The topological polar surface area (TPSA) is 119 Å². The van der Waals surface area contributed by atoms with Crippen LogP contribution >= 0.6 is 0 Å². The summed E-state index contributed by atoms with van der Waals surface area (Å²) in [6.45, 7) is 0. The zero-order chi connectivity index (χ0) is 13.1. The van der Waals surface area contributed by atoms with E-state index in [4.69, 9.17) is 5.26 Å². The van der Waals surface area contributed by atoms with E-state index >= 15 is 0 Å². The molecule has 1 rings (SSSR count). The van der Waals surface area contributed by atoms with Crippen molar-refractivity contribution in [3.05, 3.63) is 23.8 Å². The van der Waals surface area contributed by atoms with Crippen LogP contribution in [0.4, 0.5) is 5.69 Å². The van der Waals surface area contributed by atoms with Crippen LogP contribution in [0.3, 0.4) is 0 Å². The number of sulfonamides is 1. The Morgan fingerprint density at radius 1 is 1.50 bits per heavy atom. The van der Waals surface area contributed by atoms with Gasteiger partial charge in [0, 0.05) is 6.07 Å². The first kappa shape index (κ1) is 17.0. The molecule has 10 heteroatoms. The van der Waals surface area contributed by atoms with Gasteiger partial charge in [-0.15, -0.1) is 0 Å². The molecule has 1 atom stereocenters. The van der Waals surface area contributed by atoms with E-state index in [-0.39, 0.29) is 35.9 Å². The average molecular weight is 282 g/mol. The largest absolute Gasteiger partial charge is 1.00 e. The minimum atomic E-state index is -3.57. The normalized spacial score (nSPS) is 11.8. The molecule has 1 aromatic carbocycles. The van der Waals surface area contributed by atoms with Gasteiger partial charge in [0.15, 0.2) is 5.75 Å². The molecule has 0 spiro atoms. The van der Waals surface area contributed by atoms with Crippen LogP contribution in [0.5, 0.6) is 5.75 Å². The Hall–Kier alpha value is -1.03. The van der Waals surface area contributed by atoms with E-state index in [0.717, 1.165) is 12.3 Å². The maximum atomic E-state index is 11.0. The molecule has 0 radical (unpaired) electrons. The number of nitrogens with zero attached hydrogens (tertiary/aromatic N) is 1. The van der Waals surface area contributed by atoms with E-state index in [0.29, 0.717) is 0 Å². The Morgan fingerprint density at radius 2 is 2.11 bits per heavy atom. The molecule has 0 heterocycles. The summed E-state index contributed by atoms with van der Waals surface area (Å²) < 4.78 is 49.3. The number of rotatable bonds is 4. The molecular formula is C8H7LiN2O5S2. The average Bonchev–Trinajstić information content (AvgIpc) is 2.17. The van der Waals surface area contributed by atoms with E-state index in [1.54, 1.807) is 6.07 Å². The molecule has 1 N–H and O–H groups in total. The van der Waals surface area contributed by atoms with E-state index in [9.17, 15) is 17.2 Å². The summed E-state index contributed by atoms with van der Waals surface area (Å²) in [4.78, 5) is 0. The van der Waals surface area contributed by atoms with Crippen molar-refractivity contribution in [2.75, 3.05) is 11.0 Å². The summed E-state index contributed by atoms with van der Waals surface area (Å²) >= 11 is -2.86. The first-order valence-electron chi connectivity index (χ1n) is 4.11. The van der Waals surface area contributed by atoms with Crippen LogP contribution in [0.2, 0.25) is 0 Å². The van der Waals surface area contributed by atoms with E-state index in [1.165, 1.54) is 12.1 Å². The monoisotopic (exact) mass is 282 g/mol. The van der Waals surface area contributed by atoms with Gasteiger partial charge in [-0.05, 0) is 12.1 Å². The number of nitrogens with one attached hydrogen (secondary N) is 1. The number of anilines is 1. The number of nitriles is 1. The molecule has 1 unspecified atom stereocenters. The predicted molar refractivity (Wildman–Crippen MR) is 59.2 cm³/mol. The molecule has 0 saturated heterocycles. The van der Waals surface area contributed by atoms with Crippen LogP contribution in [0.1, 0.15) is 5.56 Å². The number of hydrogen-bond donors (Lipinski definition) is 1. The van der Waals surface area contributed by atoms with Crippen LogP contribution in [0.25, 0.3) is 0 Å². The Kier molecular flexibility index (Phi) is 6.39. The van der Waals surface area contributed by atoms with Crippen molar-refractivity contribution in [1.29, 1.82) is 5.26 Å². The zero-order valence-corrected chi connectivity index (χ0v) is 11.2. The van der Waals surface area contributed by atoms with E-state index in [2.05, 4.69) is 8.91 Å². The van der Waals surface area contributed by atoms with Crippen LogP contribution in [0.15, 0.2) is 18.2 Å². The van der Waals surface area contributed by atoms with Crippen molar-refractivity contribution in [1.82, 2.24) is 0 Å². The molecule has 0 fully saturated rings. The van der Waals surface area contributed by atoms with Gasteiger partial charge in [-0.2, -0.15) is 5.26 Å². The van der Waals surface area contributed by atoms with Gasteiger partial charge in [-0.1, -0.05) is 0 Å². The molecular weight excluding hydrogens is 275 g/mol. The quantitative estimate of drug-likeness (QED) is 0.467. The van der Waals surface area contributed by atoms with Gasteiger partial charge in [0.05, 0.1) is 23.6 Å². The second-order valence-electron chi connectivity index (χ2n) is 2.98.